The largest absolute Gasteiger partial charge is 0.449 e. The zero-order valence-electron chi connectivity index (χ0n) is 14.0. The minimum absolute atomic E-state index is 0.0667. The first-order valence-corrected chi connectivity index (χ1v) is 8.19. The molecule has 1 atom stereocenters. The van der Waals surface area contributed by atoms with E-state index in [-0.39, 0.29) is 5.76 Å². The maximum atomic E-state index is 13.4. The number of carbonyl (C=O) groups excluding carboxylic acids is 2. The van der Waals surface area contributed by atoms with Crippen molar-refractivity contribution in [1.82, 2.24) is 0 Å². The van der Waals surface area contributed by atoms with E-state index in [0.29, 0.717) is 27.2 Å². The number of halogens is 2. The topological polar surface area (TPSA) is 68.5 Å². The van der Waals surface area contributed by atoms with E-state index in [4.69, 9.17) is 20.8 Å². The van der Waals surface area contributed by atoms with Gasteiger partial charge in [-0.3, -0.25) is 4.79 Å². The molecule has 0 spiro atoms. The number of esters is 1. The number of rotatable bonds is 4. The van der Waals surface area contributed by atoms with Crippen LogP contribution in [0.25, 0.3) is 11.0 Å². The highest BCUT2D eigenvalue weighted by atomic mass is 35.5. The van der Waals surface area contributed by atoms with Crippen molar-refractivity contribution in [3.8, 4) is 0 Å². The number of anilines is 1. The molecule has 0 aliphatic rings. The van der Waals surface area contributed by atoms with Crippen molar-refractivity contribution in [3.63, 3.8) is 0 Å². The molecule has 3 aromatic rings. The Labute approximate surface area is 153 Å². The molecular formula is C19H15ClFNO4. The average molecular weight is 376 g/mol. The normalized spacial score (nSPS) is 12.0. The fourth-order valence-electron chi connectivity index (χ4n) is 2.45. The Kier molecular flexibility index (Phi) is 4.95. The Morgan fingerprint density at radius 1 is 1.23 bits per heavy atom. The minimum Gasteiger partial charge on any atom is -0.449 e. The molecule has 0 saturated heterocycles. The van der Waals surface area contributed by atoms with Crippen molar-refractivity contribution in [1.29, 1.82) is 0 Å². The minimum atomic E-state index is -1.08. The van der Waals surface area contributed by atoms with Crippen molar-refractivity contribution < 1.29 is 23.1 Å². The van der Waals surface area contributed by atoms with Gasteiger partial charge in [-0.25, -0.2) is 9.18 Å². The number of benzene rings is 2. The Morgan fingerprint density at radius 2 is 1.96 bits per heavy atom. The van der Waals surface area contributed by atoms with Crippen LogP contribution in [-0.4, -0.2) is 18.0 Å². The molecule has 2 aromatic carbocycles. The lowest BCUT2D eigenvalue weighted by Crippen LogP contribution is -2.30. The number of para-hydroxylation sites is 1. The van der Waals surface area contributed by atoms with E-state index in [2.05, 4.69) is 5.32 Å². The van der Waals surface area contributed by atoms with Gasteiger partial charge in [-0.2, -0.15) is 0 Å². The highest BCUT2D eigenvalue weighted by molar-refractivity contribution is 6.33. The number of aryl methyl sites for hydroxylation is 1. The molecule has 0 radical (unpaired) electrons. The second kappa shape index (κ2) is 7.17. The Balaban J connectivity index is 1.74. The second-order valence-electron chi connectivity index (χ2n) is 5.71. The van der Waals surface area contributed by atoms with Gasteiger partial charge in [0.2, 0.25) is 5.76 Å². The third-order valence-electron chi connectivity index (χ3n) is 3.87. The molecule has 1 aromatic heterocycles. The van der Waals surface area contributed by atoms with Crippen LogP contribution in [0, 0.1) is 12.7 Å². The monoisotopic (exact) mass is 375 g/mol. The van der Waals surface area contributed by atoms with Gasteiger partial charge in [-0.15, -0.1) is 0 Å². The highest BCUT2D eigenvalue weighted by Crippen LogP contribution is 2.27. The lowest BCUT2D eigenvalue weighted by atomic mass is 10.1. The molecule has 3 rings (SSSR count). The molecule has 0 aliphatic carbocycles. The summed E-state index contributed by atoms with van der Waals surface area (Å²) in [5.74, 6) is -1.84. The Morgan fingerprint density at radius 3 is 2.69 bits per heavy atom. The summed E-state index contributed by atoms with van der Waals surface area (Å²) in [6.07, 6.45) is -1.08. The van der Waals surface area contributed by atoms with Crippen LogP contribution in [0.1, 0.15) is 23.0 Å². The molecule has 26 heavy (non-hydrogen) atoms. The first-order chi connectivity index (χ1) is 12.4. The van der Waals surface area contributed by atoms with Gasteiger partial charge >= 0.3 is 5.97 Å². The van der Waals surface area contributed by atoms with Gasteiger partial charge in [0, 0.05) is 10.9 Å². The smallest absolute Gasteiger partial charge is 0.375 e. The van der Waals surface area contributed by atoms with E-state index in [1.807, 2.05) is 0 Å². The van der Waals surface area contributed by atoms with Gasteiger partial charge in [-0.05, 0) is 44.2 Å². The van der Waals surface area contributed by atoms with E-state index in [1.165, 1.54) is 25.1 Å². The molecule has 7 heteroatoms. The van der Waals surface area contributed by atoms with E-state index in [0.717, 1.165) is 0 Å². The van der Waals surface area contributed by atoms with Crippen LogP contribution in [0.15, 0.2) is 46.9 Å². The zero-order chi connectivity index (χ0) is 18.8. The molecule has 5 nitrogen and oxygen atoms in total. The first-order valence-electron chi connectivity index (χ1n) is 7.82. The first kappa shape index (κ1) is 17.9. The van der Waals surface area contributed by atoms with Gasteiger partial charge in [0.05, 0.1) is 10.7 Å². The maximum Gasteiger partial charge on any atom is 0.375 e. The predicted octanol–water partition coefficient (Wildman–Crippen LogP) is 4.72. The Bertz CT molecular complexity index is 998. The van der Waals surface area contributed by atoms with Crippen LogP contribution in [0.5, 0.6) is 0 Å². The van der Waals surface area contributed by atoms with Gasteiger partial charge in [0.25, 0.3) is 5.91 Å². The van der Waals surface area contributed by atoms with Crippen molar-refractivity contribution in [2.24, 2.45) is 0 Å². The standard InChI is InChI=1S/C19H15ClFNO4/c1-10-13-9-12(21)7-8-16(13)26-17(10)19(24)25-11(2)18(23)22-15-6-4-3-5-14(15)20/h3-9,11H,1-2H3,(H,22,23)/t11-/m0/s1. The van der Waals surface area contributed by atoms with E-state index in [9.17, 15) is 14.0 Å². The summed E-state index contributed by atoms with van der Waals surface area (Å²) in [5, 5.41) is 3.43. The SMILES string of the molecule is Cc1c(C(=O)O[C@@H](C)C(=O)Nc2ccccc2Cl)oc2ccc(F)cc12. The third kappa shape index (κ3) is 3.55. The fourth-order valence-corrected chi connectivity index (χ4v) is 2.64. The second-order valence-corrected chi connectivity index (χ2v) is 6.12. The predicted molar refractivity (Wildman–Crippen MR) is 95.9 cm³/mol. The van der Waals surface area contributed by atoms with Crippen LogP contribution in [-0.2, 0) is 9.53 Å². The molecular weight excluding hydrogens is 361 g/mol. The molecule has 0 fully saturated rings. The number of hydrogen-bond acceptors (Lipinski definition) is 4. The van der Waals surface area contributed by atoms with Gasteiger partial charge in [-0.1, -0.05) is 23.7 Å². The third-order valence-corrected chi connectivity index (χ3v) is 4.20. The van der Waals surface area contributed by atoms with E-state index in [1.54, 1.807) is 31.2 Å². The number of amides is 1. The highest BCUT2D eigenvalue weighted by Gasteiger charge is 2.24. The average Bonchev–Trinajstić information content (AvgIpc) is 2.93. The summed E-state index contributed by atoms with van der Waals surface area (Å²) in [6, 6.07) is 10.7. The van der Waals surface area contributed by atoms with E-state index < -0.39 is 23.8 Å². The number of hydrogen-bond donors (Lipinski definition) is 1. The molecule has 0 unspecified atom stereocenters. The van der Waals surface area contributed by atoms with Crippen molar-refractivity contribution in [3.05, 3.63) is 64.6 Å². The van der Waals surface area contributed by atoms with Crippen LogP contribution >= 0.6 is 11.6 Å². The van der Waals surface area contributed by atoms with Crippen LogP contribution < -0.4 is 5.32 Å². The molecule has 1 heterocycles. The van der Waals surface area contributed by atoms with Crippen molar-refractivity contribution >= 4 is 40.1 Å². The zero-order valence-corrected chi connectivity index (χ0v) is 14.8. The molecule has 0 aliphatic heterocycles. The summed E-state index contributed by atoms with van der Waals surface area (Å²) in [4.78, 5) is 24.5. The Hall–Kier alpha value is -2.86. The van der Waals surface area contributed by atoms with Gasteiger partial charge < -0.3 is 14.5 Å². The number of carbonyl (C=O) groups is 2. The molecule has 134 valence electrons. The molecule has 0 bridgehead atoms. The summed E-state index contributed by atoms with van der Waals surface area (Å²) in [5.41, 5.74) is 1.23. The number of ether oxygens (including phenoxy) is 1. The summed E-state index contributed by atoms with van der Waals surface area (Å²) >= 11 is 5.99. The summed E-state index contributed by atoms with van der Waals surface area (Å²) < 4.78 is 24.0. The van der Waals surface area contributed by atoms with Crippen LogP contribution in [0.3, 0.4) is 0 Å². The fraction of sp³-hybridized carbons (Fsp3) is 0.158. The molecule has 1 amide bonds. The van der Waals surface area contributed by atoms with Gasteiger partial charge in [0.15, 0.2) is 6.10 Å². The summed E-state index contributed by atoms with van der Waals surface area (Å²) in [6.45, 7) is 3.05. The van der Waals surface area contributed by atoms with Crippen molar-refractivity contribution in [2.75, 3.05) is 5.32 Å². The summed E-state index contributed by atoms with van der Waals surface area (Å²) in [7, 11) is 0. The van der Waals surface area contributed by atoms with Crippen LogP contribution in [0.4, 0.5) is 10.1 Å². The van der Waals surface area contributed by atoms with Crippen molar-refractivity contribution in [2.45, 2.75) is 20.0 Å². The molecule has 1 N–H and O–H groups in total. The number of fused-ring (bicyclic) bond motifs is 1. The number of nitrogens with one attached hydrogen (secondary N) is 1. The van der Waals surface area contributed by atoms with Crippen LogP contribution in [0.2, 0.25) is 5.02 Å². The van der Waals surface area contributed by atoms with Gasteiger partial charge in [0.1, 0.15) is 11.4 Å². The van der Waals surface area contributed by atoms with E-state index >= 15 is 0 Å². The molecule has 0 saturated carbocycles. The lowest BCUT2D eigenvalue weighted by Gasteiger charge is -2.13. The number of furan rings is 1. The maximum absolute atomic E-state index is 13.4. The quantitative estimate of drug-likeness (QED) is 0.670. The lowest BCUT2D eigenvalue weighted by molar-refractivity contribution is -0.123.